The van der Waals surface area contributed by atoms with Crippen LogP contribution in [0.25, 0.3) is 10.8 Å². The first-order valence-corrected chi connectivity index (χ1v) is 9.89. The zero-order chi connectivity index (χ0) is 20.8. The predicted molar refractivity (Wildman–Crippen MR) is 117 cm³/mol. The average molecular weight is 391 g/mol. The molecule has 0 saturated heterocycles. The highest BCUT2D eigenvalue weighted by molar-refractivity contribution is 5.95. The summed E-state index contributed by atoms with van der Waals surface area (Å²) in [6, 6.07) is 20.4. The third-order valence-electron chi connectivity index (χ3n) is 5.30. The predicted octanol–water partition coefficient (Wildman–Crippen LogP) is 2.84. The molecule has 150 valence electrons. The quantitative estimate of drug-likeness (QED) is 0.580. The molecule has 0 unspecified atom stereocenters. The number of hydrogen-bond acceptors (Lipinski definition) is 2. The smallest absolute Gasteiger partial charge is 0.275 e. The van der Waals surface area contributed by atoms with Crippen LogP contribution in [0, 0.1) is 13.8 Å². The van der Waals surface area contributed by atoms with Gasteiger partial charge in [-0.05, 0) is 48.7 Å². The number of nitrogens with two attached hydrogens (primary N) is 1. The van der Waals surface area contributed by atoms with Crippen molar-refractivity contribution in [3.05, 3.63) is 77.4 Å². The van der Waals surface area contributed by atoms with Crippen molar-refractivity contribution < 1.29 is 14.9 Å². The number of fused-ring (bicyclic) bond motifs is 1. The lowest BCUT2D eigenvalue weighted by molar-refractivity contribution is -0.682. The van der Waals surface area contributed by atoms with Crippen LogP contribution in [0.5, 0.6) is 0 Å². The molecule has 0 bridgehead atoms. The summed E-state index contributed by atoms with van der Waals surface area (Å²) in [5.74, 6) is -0.387. The van der Waals surface area contributed by atoms with Gasteiger partial charge in [0.15, 0.2) is 6.54 Å². The van der Waals surface area contributed by atoms with Gasteiger partial charge in [-0.15, -0.1) is 0 Å². The third-order valence-corrected chi connectivity index (χ3v) is 5.30. The van der Waals surface area contributed by atoms with E-state index in [0.29, 0.717) is 0 Å². The van der Waals surface area contributed by atoms with Crippen LogP contribution in [0.3, 0.4) is 0 Å². The lowest BCUT2D eigenvalue weighted by Gasteiger charge is -2.14. The number of nitrogens with one attached hydrogen (secondary N) is 2. The molecule has 29 heavy (non-hydrogen) atoms. The Labute approximate surface area is 171 Å². The van der Waals surface area contributed by atoms with Crippen LogP contribution in [0.4, 0.5) is 5.69 Å². The number of benzene rings is 3. The van der Waals surface area contributed by atoms with Crippen molar-refractivity contribution in [2.45, 2.75) is 26.8 Å². The Morgan fingerprint density at radius 1 is 0.931 bits per heavy atom. The van der Waals surface area contributed by atoms with Gasteiger partial charge in [-0.2, -0.15) is 0 Å². The summed E-state index contributed by atoms with van der Waals surface area (Å²) in [7, 11) is 0. The lowest BCUT2D eigenvalue weighted by atomic mass is 10.00. The molecule has 0 radical (unpaired) electrons. The van der Waals surface area contributed by atoms with Crippen LogP contribution in [-0.2, 0) is 9.59 Å². The fourth-order valence-corrected chi connectivity index (χ4v) is 3.39. The Balaban J connectivity index is 1.49. The minimum Gasteiger partial charge on any atom is -0.342 e. The molecule has 0 heterocycles. The van der Waals surface area contributed by atoms with E-state index in [9.17, 15) is 9.59 Å². The van der Waals surface area contributed by atoms with E-state index in [0.717, 1.165) is 16.8 Å². The van der Waals surface area contributed by atoms with Crippen LogP contribution in [0.2, 0.25) is 0 Å². The molecule has 5 nitrogen and oxygen atoms in total. The van der Waals surface area contributed by atoms with Crippen molar-refractivity contribution in [1.82, 2.24) is 5.32 Å². The molecule has 2 amide bonds. The first-order valence-electron chi connectivity index (χ1n) is 9.89. The average Bonchev–Trinajstić information content (AvgIpc) is 2.73. The van der Waals surface area contributed by atoms with Gasteiger partial charge >= 0.3 is 0 Å². The van der Waals surface area contributed by atoms with Crippen molar-refractivity contribution in [2.24, 2.45) is 0 Å². The lowest BCUT2D eigenvalue weighted by Crippen LogP contribution is -2.87. The molecule has 0 aliphatic rings. The van der Waals surface area contributed by atoms with Crippen molar-refractivity contribution >= 4 is 28.3 Å². The molecule has 3 aromatic carbocycles. The Bertz CT molecular complexity index is 1020. The third kappa shape index (κ3) is 5.21. The summed E-state index contributed by atoms with van der Waals surface area (Å²) >= 11 is 0. The second-order valence-electron chi connectivity index (χ2n) is 7.37. The van der Waals surface area contributed by atoms with Crippen LogP contribution in [0.1, 0.15) is 29.7 Å². The second kappa shape index (κ2) is 9.34. The van der Waals surface area contributed by atoms with Gasteiger partial charge in [0.25, 0.3) is 5.91 Å². The van der Waals surface area contributed by atoms with Crippen molar-refractivity contribution in [1.29, 1.82) is 0 Å². The molecule has 0 aliphatic carbocycles. The summed E-state index contributed by atoms with van der Waals surface area (Å²) in [4.78, 5) is 24.3. The molecule has 0 aliphatic heterocycles. The highest BCUT2D eigenvalue weighted by atomic mass is 16.2. The molecule has 0 aromatic heterocycles. The van der Waals surface area contributed by atoms with Gasteiger partial charge < -0.3 is 16.0 Å². The maximum absolute atomic E-state index is 12.2. The monoisotopic (exact) mass is 390 g/mol. The molecule has 0 saturated carbocycles. The number of rotatable bonds is 7. The Kier molecular flexibility index (Phi) is 6.62. The number of carbonyl (C=O) groups is 2. The highest BCUT2D eigenvalue weighted by Crippen LogP contribution is 2.22. The summed E-state index contributed by atoms with van der Waals surface area (Å²) in [5.41, 5.74) is 4.12. The number of hydrogen-bond donors (Lipinski definition) is 3. The van der Waals surface area contributed by atoms with Gasteiger partial charge in [0.1, 0.15) is 6.04 Å². The number of anilines is 1. The Morgan fingerprint density at radius 3 is 2.48 bits per heavy atom. The summed E-state index contributed by atoms with van der Waals surface area (Å²) in [5, 5.41) is 9.93. The highest BCUT2D eigenvalue weighted by Gasteiger charge is 2.15. The second-order valence-corrected chi connectivity index (χ2v) is 7.37. The molecule has 3 aromatic rings. The molecule has 0 fully saturated rings. The Morgan fingerprint density at radius 2 is 1.66 bits per heavy atom. The van der Waals surface area contributed by atoms with Gasteiger partial charge in [0.05, 0.1) is 6.54 Å². The molecular formula is C24H28N3O2+. The zero-order valence-corrected chi connectivity index (χ0v) is 17.2. The number of amides is 2. The van der Waals surface area contributed by atoms with Gasteiger partial charge in [-0.3, -0.25) is 9.59 Å². The molecule has 3 rings (SSSR count). The van der Waals surface area contributed by atoms with E-state index in [1.807, 2.05) is 55.6 Å². The van der Waals surface area contributed by atoms with E-state index in [-0.39, 0.29) is 30.9 Å². The topological polar surface area (TPSA) is 74.8 Å². The minimum atomic E-state index is -0.228. The van der Waals surface area contributed by atoms with E-state index < -0.39 is 0 Å². The fourth-order valence-electron chi connectivity index (χ4n) is 3.39. The normalized spacial score (nSPS) is 11.8. The van der Waals surface area contributed by atoms with Crippen molar-refractivity contribution in [3.63, 3.8) is 0 Å². The van der Waals surface area contributed by atoms with Crippen molar-refractivity contribution in [3.8, 4) is 0 Å². The first kappa shape index (κ1) is 20.6. The molecular weight excluding hydrogens is 362 g/mol. The fraction of sp³-hybridized carbons (Fsp3) is 0.250. The van der Waals surface area contributed by atoms with E-state index in [2.05, 4.69) is 41.8 Å². The van der Waals surface area contributed by atoms with Crippen LogP contribution < -0.4 is 16.0 Å². The van der Waals surface area contributed by atoms with Gasteiger partial charge in [0.2, 0.25) is 5.91 Å². The zero-order valence-electron chi connectivity index (χ0n) is 17.2. The van der Waals surface area contributed by atoms with E-state index in [1.54, 1.807) is 0 Å². The maximum Gasteiger partial charge on any atom is 0.275 e. The SMILES string of the molecule is Cc1cccc(NC(=O)CNC(=O)C[NH2+][C@@H](C)c2cccc3ccccc23)c1C. The number of quaternary nitrogens is 1. The van der Waals surface area contributed by atoms with Gasteiger partial charge in [-0.25, -0.2) is 0 Å². The Hall–Kier alpha value is -3.18. The van der Waals surface area contributed by atoms with E-state index >= 15 is 0 Å². The molecule has 1 atom stereocenters. The minimum absolute atomic E-state index is 0.0390. The van der Waals surface area contributed by atoms with Crippen LogP contribution in [-0.4, -0.2) is 24.9 Å². The summed E-state index contributed by atoms with van der Waals surface area (Å²) in [6.07, 6.45) is 0. The summed E-state index contributed by atoms with van der Waals surface area (Å²) < 4.78 is 0. The van der Waals surface area contributed by atoms with Crippen LogP contribution in [0.15, 0.2) is 60.7 Å². The van der Waals surface area contributed by atoms with E-state index in [1.165, 1.54) is 16.3 Å². The van der Waals surface area contributed by atoms with Gasteiger partial charge in [0, 0.05) is 11.3 Å². The molecule has 5 heteroatoms. The first-order chi connectivity index (χ1) is 14.0. The van der Waals surface area contributed by atoms with Gasteiger partial charge in [-0.1, -0.05) is 54.6 Å². The maximum atomic E-state index is 12.2. The molecule has 4 N–H and O–H groups in total. The summed E-state index contributed by atoms with van der Waals surface area (Å²) in [6.45, 7) is 6.28. The number of aryl methyl sites for hydroxylation is 1. The van der Waals surface area contributed by atoms with E-state index in [4.69, 9.17) is 0 Å². The molecule has 0 spiro atoms. The number of carbonyl (C=O) groups excluding carboxylic acids is 2. The van der Waals surface area contributed by atoms with Crippen molar-refractivity contribution in [2.75, 3.05) is 18.4 Å². The largest absolute Gasteiger partial charge is 0.342 e. The van der Waals surface area contributed by atoms with Crippen LogP contribution >= 0.6 is 0 Å². The standard InChI is InChI=1S/C24H27N3O2/c1-16-8-6-13-22(17(16)2)27-24(29)15-26-23(28)14-25-18(3)20-12-7-10-19-9-4-5-11-21(19)20/h4-13,18,25H,14-15H2,1-3H3,(H,26,28)(H,27,29)/p+1/t18-/m0/s1.